The predicted molar refractivity (Wildman–Crippen MR) is 73.7 cm³/mol. The smallest absolute Gasteiger partial charge is 0.231 e. The Balaban J connectivity index is 1.69. The Morgan fingerprint density at radius 3 is 2.84 bits per heavy atom. The quantitative estimate of drug-likeness (QED) is 0.916. The molecule has 0 atom stereocenters. The Kier molecular flexibility index (Phi) is 2.47. The molecule has 0 saturated heterocycles. The first-order valence-corrected chi connectivity index (χ1v) is 6.82. The van der Waals surface area contributed by atoms with Gasteiger partial charge in [0, 0.05) is 18.1 Å². The SMILES string of the molecule is c1cc2cc3c(cc2c(NCC2CCC2)n1)OCO3. The van der Waals surface area contributed by atoms with Gasteiger partial charge in [-0.15, -0.1) is 0 Å². The Labute approximate surface area is 111 Å². The van der Waals surface area contributed by atoms with Crippen LogP contribution in [0.5, 0.6) is 11.5 Å². The zero-order valence-electron chi connectivity index (χ0n) is 10.7. The van der Waals surface area contributed by atoms with Crippen LogP contribution < -0.4 is 14.8 Å². The van der Waals surface area contributed by atoms with Gasteiger partial charge in [0.1, 0.15) is 5.82 Å². The van der Waals surface area contributed by atoms with E-state index >= 15 is 0 Å². The summed E-state index contributed by atoms with van der Waals surface area (Å²) < 4.78 is 10.8. The van der Waals surface area contributed by atoms with Crippen LogP contribution >= 0.6 is 0 Å². The minimum Gasteiger partial charge on any atom is -0.454 e. The molecule has 1 fully saturated rings. The van der Waals surface area contributed by atoms with Crippen LogP contribution in [0.3, 0.4) is 0 Å². The van der Waals surface area contributed by atoms with E-state index in [4.69, 9.17) is 9.47 Å². The summed E-state index contributed by atoms with van der Waals surface area (Å²) >= 11 is 0. The molecule has 2 aliphatic rings. The van der Waals surface area contributed by atoms with Crippen LogP contribution in [0.2, 0.25) is 0 Å². The number of hydrogen-bond acceptors (Lipinski definition) is 4. The second-order valence-electron chi connectivity index (χ2n) is 5.26. The standard InChI is InChI=1S/C15H16N2O2/c1-2-10(3-1)8-17-15-12-7-14-13(18-9-19-14)6-11(12)4-5-16-15/h4-7,10H,1-3,8-9H2,(H,16,17). The largest absolute Gasteiger partial charge is 0.454 e. The number of fused-ring (bicyclic) bond motifs is 2. The van der Waals surface area contributed by atoms with Crippen molar-refractivity contribution in [2.24, 2.45) is 5.92 Å². The topological polar surface area (TPSA) is 43.4 Å². The van der Waals surface area contributed by atoms with Gasteiger partial charge in [0.05, 0.1) is 0 Å². The van der Waals surface area contributed by atoms with Crippen molar-refractivity contribution >= 4 is 16.6 Å². The van der Waals surface area contributed by atoms with Gasteiger partial charge in [0.15, 0.2) is 11.5 Å². The molecule has 1 aromatic heterocycles. The zero-order valence-corrected chi connectivity index (χ0v) is 10.7. The average molecular weight is 256 g/mol. The Bertz CT molecular complexity index is 623. The van der Waals surface area contributed by atoms with Crippen LogP contribution in [0.4, 0.5) is 5.82 Å². The van der Waals surface area contributed by atoms with Crippen molar-refractivity contribution in [1.82, 2.24) is 4.98 Å². The molecule has 2 heterocycles. The minimum absolute atomic E-state index is 0.309. The highest BCUT2D eigenvalue weighted by Crippen LogP contribution is 2.38. The fourth-order valence-electron chi connectivity index (χ4n) is 2.64. The van der Waals surface area contributed by atoms with Crippen molar-refractivity contribution in [2.45, 2.75) is 19.3 Å². The maximum Gasteiger partial charge on any atom is 0.231 e. The molecule has 1 aliphatic heterocycles. The Morgan fingerprint density at radius 1 is 1.21 bits per heavy atom. The van der Waals surface area contributed by atoms with Gasteiger partial charge in [-0.1, -0.05) is 6.42 Å². The molecule has 0 spiro atoms. The summed E-state index contributed by atoms with van der Waals surface area (Å²) in [6.45, 7) is 1.32. The van der Waals surface area contributed by atoms with Crippen molar-refractivity contribution in [3.63, 3.8) is 0 Å². The lowest BCUT2D eigenvalue weighted by molar-refractivity contribution is 0.174. The summed E-state index contributed by atoms with van der Waals surface area (Å²) in [5.74, 6) is 3.39. The molecule has 98 valence electrons. The highest BCUT2D eigenvalue weighted by molar-refractivity contribution is 5.94. The van der Waals surface area contributed by atoms with Gasteiger partial charge in [-0.2, -0.15) is 0 Å². The van der Waals surface area contributed by atoms with E-state index in [9.17, 15) is 0 Å². The van der Waals surface area contributed by atoms with E-state index in [0.717, 1.165) is 40.6 Å². The molecule has 4 heteroatoms. The lowest BCUT2D eigenvalue weighted by Gasteiger charge is -2.25. The maximum absolute atomic E-state index is 5.44. The molecule has 1 saturated carbocycles. The van der Waals surface area contributed by atoms with Gasteiger partial charge in [-0.3, -0.25) is 0 Å². The molecule has 4 rings (SSSR count). The summed E-state index contributed by atoms with van der Waals surface area (Å²) in [5, 5.41) is 5.71. The molecule has 0 unspecified atom stereocenters. The van der Waals surface area contributed by atoms with E-state index in [1.807, 2.05) is 24.4 Å². The zero-order chi connectivity index (χ0) is 12.7. The van der Waals surface area contributed by atoms with Gasteiger partial charge in [0.25, 0.3) is 0 Å². The summed E-state index contributed by atoms with van der Waals surface area (Å²) in [6, 6.07) is 6.05. The maximum atomic E-state index is 5.44. The van der Waals surface area contributed by atoms with E-state index in [1.165, 1.54) is 19.3 Å². The molecule has 1 N–H and O–H groups in total. The lowest BCUT2D eigenvalue weighted by atomic mass is 9.85. The number of anilines is 1. The second kappa shape index (κ2) is 4.30. The fraction of sp³-hybridized carbons (Fsp3) is 0.400. The van der Waals surface area contributed by atoms with E-state index < -0.39 is 0 Å². The van der Waals surface area contributed by atoms with Crippen molar-refractivity contribution in [3.8, 4) is 11.5 Å². The number of benzene rings is 1. The molecular weight excluding hydrogens is 240 g/mol. The Hall–Kier alpha value is -1.97. The molecule has 0 radical (unpaired) electrons. The third kappa shape index (κ3) is 1.87. The third-order valence-electron chi connectivity index (χ3n) is 4.04. The molecular formula is C15H16N2O2. The van der Waals surface area contributed by atoms with Crippen LogP contribution in [0.25, 0.3) is 10.8 Å². The monoisotopic (exact) mass is 256 g/mol. The summed E-state index contributed by atoms with van der Waals surface area (Å²) in [6.07, 6.45) is 5.88. The number of pyridine rings is 1. The fourth-order valence-corrected chi connectivity index (χ4v) is 2.64. The third-order valence-corrected chi connectivity index (χ3v) is 4.04. The molecule has 19 heavy (non-hydrogen) atoms. The lowest BCUT2D eigenvalue weighted by Crippen LogP contribution is -2.21. The first kappa shape index (κ1) is 10.9. The molecule has 0 bridgehead atoms. The minimum atomic E-state index is 0.309. The number of nitrogens with one attached hydrogen (secondary N) is 1. The van der Waals surface area contributed by atoms with Crippen LogP contribution in [-0.4, -0.2) is 18.3 Å². The summed E-state index contributed by atoms with van der Waals surface area (Å²) in [4.78, 5) is 4.46. The average Bonchev–Trinajstić information content (AvgIpc) is 2.81. The molecule has 1 aromatic carbocycles. The van der Waals surface area contributed by atoms with Gasteiger partial charge >= 0.3 is 0 Å². The van der Waals surface area contributed by atoms with Crippen molar-refractivity contribution in [3.05, 3.63) is 24.4 Å². The number of aromatic nitrogens is 1. The first-order chi connectivity index (χ1) is 9.40. The van der Waals surface area contributed by atoms with E-state index in [-0.39, 0.29) is 0 Å². The number of nitrogens with zero attached hydrogens (tertiary/aromatic N) is 1. The molecule has 2 aromatic rings. The van der Waals surface area contributed by atoms with Crippen LogP contribution in [-0.2, 0) is 0 Å². The number of rotatable bonds is 3. The molecule has 4 nitrogen and oxygen atoms in total. The highest BCUT2D eigenvalue weighted by atomic mass is 16.7. The van der Waals surface area contributed by atoms with Crippen LogP contribution in [0, 0.1) is 5.92 Å². The van der Waals surface area contributed by atoms with Gasteiger partial charge in [0.2, 0.25) is 6.79 Å². The predicted octanol–water partition coefficient (Wildman–Crippen LogP) is 3.18. The van der Waals surface area contributed by atoms with Crippen molar-refractivity contribution in [1.29, 1.82) is 0 Å². The van der Waals surface area contributed by atoms with Crippen LogP contribution in [0.1, 0.15) is 19.3 Å². The molecule has 0 amide bonds. The van der Waals surface area contributed by atoms with E-state index in [0.29, 0.717) is 6.79 Å². The highest BCUT2D eigenvalue weighted by Gasteiger charge is 2.19. The number of ether oxygens (including phenoxy) is 2. The van der Waals surface area contributed by atoms with Crippen molar-refractivity contribution in [2.75, 3.05) is 18.7 Å². The van der Waals surface area contributed by atoms with E-state index in [1.54, 1.807) is 0 Å². The van der Waals surface area contributed by atoms with Gasteiger partial charge in [-0.05, 0) is 42.3 Å². The normalized spacial score (nSPS) is 17.5. The van der Waals surface area contributed by atoms with Crippen LogP contribution in [0.15, 0.2) is 24.4 Å². The van der Waals surface area contributed by atoms with Crippen molar-refractivity contribution < 1.29 is 9.47 Å². The van der Waals surface area contributed by atoms with Gasteiger partial charge < -0.3 is 14.8 Å². The summed E-state index contributed by atoms with van der Waals surface area (Å²) in [7, 11) is 0. The number of hydrogen-bond donors (Lipinski definition) is 1. The Morgan fingerprint density at radius 2 is 2.05 bits per heavy atom. The first-order valence-electron chi connectivity index (χ1n) is 6.82. The second-order valence-corrected chi connectivity index (χ2v) is 5.26. The van der Waals surface area contributed by atoms with E-state index in [2.05, 4.69) is 10.3 Å². The summed E-state index contributed by atoms with van der Waals surface area (Å²) in [5.41, 5.74) is 0. The van der Waals surface area contributed by atoms with Gasteiger partial charge in [-0.25, -0.2) is 4.98 Å². The molecule has 1 aliphatic carbocycles.